The summed E-state index contributed by atoms with van der Waals surface area (Å²) in [4.78, 5) is 9.87. The summed E-state index contributed by atoms with van der Waals surface area (Å²) in [5.74, 6) is 1.35. The summed E-state index contributed by atoms with van der Waals surface area (Å²) >= 11 is 6.32. The topological polar surface area (TPSA) is 54.5 Å². The van der Waals surface area contributed by atoms with Crippen LogP contribution in [0.25, 0.3) is 22.2 Å². The van der Waals surface area contributed by atoms with E-state index in [4.69, 9.17) is 31.1 Å². The van der Waals surface area contributed by atoms with Gasteiger partial charge in [0, 0.05) is 22.4 Å². The van der Waals surface area contributed by atoms with E-state index in [2.05, 4.69) is 12.1 Å². The summed E-state index contributed by atoms with van der Waals surface area (Å²) in [6.07, 6.45) is 2.38. The van der Waals surface area contributed by atoms with E-state index < -0.39 is 0 Å². The second kappa shape index (κ2) is 8.19. The molecule has 3 heterocycles. The molecule has 1 aliphatic rings. The van der Waals surface area contributed by atoms with Crippen molar-refractivity contribution in [1.82, 2.24) is 9.97 Å². The zero-order chi connectivity index (χ0) is 22.2. The molecule has 0 amide bonds. The maximum atomic E-state index is 6.32. The molecule has 2 aromatic heterocycles. The van der Waals surface area contributed by atoms with Gasteiger partial charge in [-0.15, -0.1) is 0 Å². The summed E-state index contributed by atoms with van der Waals surface area (Å²) < 4.78 is 5.78. The minimum atomic E-state index is -0.136. The van der Waals surface area contributed by atoms with Crippen LogP contribution < -0.4 is 5.01 Å². The third-order valence-corrected chi connectivity index (χ3v) is 6.02. The molecule has 3 aromatic carbocycles. The molecule has 160 valence electrons. The normalized spacial score (nSPS) is 15.7. The Kier molecular flexibility index (Phi) is 4.89. The molecule has 5 aromatic rings. The lowest BCUT2D eigenvalue weighted by Crippen LogP contribution is -2.20. The monoisotopic (exact) mass is 450 g/mol. The highest BCUT2D eigenvalue weighted by molar-refractivity contribution is 6.31. The molecule has 0 aliphatic carbocycles. The molecule has 0 N–H and O–H groups in total. The largest absolute Gasteiger partial charge is 0.467 e. The van der Waals surface area contributed by atoms with Gasteiger partial charge < -0.3 is 4.42 Å². The Morgan fingerprint density at radius 2 is 1.58 bits per heavy atom. The average Bonchev–Trinajstić information content (AvgIpc) is 3.55. The molecule has 6 rings (SSSR count). The van der Waals surface area contributed by atoms with Crippen molar-refractivity contribution in [2.24, 2.45) is 5.10 Å². The average molecular weight is 451 g/mol. The maximum Gasteiger partial charge on any atom is 0.248 e. The molecular weight excluding hydrogens is 432 g/mol. The van der Waals surface area contributed by atoms with E-state index in [0.29, 0.717) is 17.4 Å². The van der Waals surface area contributed by atoms with E-state index in [-0.39, 0.29) is 6.04 Å². The Bertz CT molecular complexity index is 1450. The second-order valence-corrected chi connectivity index (χ2v) is 8.33. The van der Waals surface area contributed by atoms with E-state index in [0.717, 1.165) is 39.2 Å². The van der Waals surface area contributed by atoms with Gasteiger partial charge in [-0.05, 0) is 35.9 Å². The first kappa shape index (κ1) is 19.7. The fraction of sp³-hybridized carbons (Fsp3) is 0.0741. The summed E-state index contributed by atoms with van der Waals surface area (Å²) in [7, 11) is 0. The molecule has 6 heteroatoms. The number of halogens is 1. The highest BCUT2D eigenvalue weighted by atomic mass is 35.5. The van der Waals surface area contributed by atoms with Gasteiger partial charge in [0.1, 0.15) is 11.8 Å². The molecular formula is C27H19ClN4O. The van der Waals surface area contributed by atoms with Gasteiger partial charge in [-0.1, -0.05) is 72.3 Å². The van der Waals surface area contributed by atoms with Crippen molar-refractivity contribution in [2.75, 3.05) is 5.01 Å². The lowest BCUT2D eigenvalue weighted by Gasteiger charge is -2.21. The minimum Gasteiger partial charge on any atom is -0.467 e. The third-order valence-electron chi connectivity index (χ3n) is 5.79. The van der Waals surface area contributed by atoms with E-state index in [9.17, 15) is 0 Å². The van der Waals surface area contributed by atoms with Crippen LogP contribution in [-0.4, -0.2) is 15.7 Å². The number of hydrogen-bond acceptors (Lipinski definition) is 5. The lowest BCUT2D eigenvalue weighted by atomic mass is 10.0. The minimum absolute atomic E-state index is 0.136. The Morgan fingerprint density at radius 3 is 2.30 bits per heavy atom. The Hall–Kier alpha value is -3.96. The van der Waals surface area contributed by atoms with Gasteiger partial charge in [-0.3, -0.25) is 0 Å². The van der Waals surface area contributed by atoms with Crippen LogP contribution in [-0.2, 0) is 0 Å². The van der Waals surface area contributed by atoms with Crippen LogP contribution in [0.4, 0.5) is 5.95 Å². The summed E-state index contributed by atoms with van der Waals surface area (Å²) in [6, 6.07) is 29.7. The lowest BCUT2D eigenvalue weighted by molar-refractivity contribution is 0.463. The fourth-order valence-electron chi connectivity index (χ4n) is 4.21. The number of nitrogens with zero attached hydrogens (tertiary/aromatic N) is 4. The number of hydrogen-bond donors (Lipinski definition) is 0. The van der Waals surface area contributed by atoms with Crippen molar-refractivity contribution in [3.63, 3.8) is 0 Å². The van der Waals surface area contributed by atoms with Crippen molar-refractivity contribution in [3.05, 3.63) is 114 Å². The molecule has 0 saturated carbocycles. The van der Waals surface area contributed by atoms with Crippen molar-refractivity contribution in [3.8, 4) is 11.3 Å². The van der Waals surface area contributed by atoms with Crippen molar-refractivity contribution in [2.45, 2.75) is 12.5 Å². The van der Waals surface area contributed by atoms with Gasteiger partial charge in [0.25, 0.3) is 0 Å². The smallest absolute Gasteiger partial charge is 0.248 e. The van der Waals surface area contributed by atoms with Crippen molar-refractivity contribution in [1.29, 1.82) is 0 Å². The fourth-order valence-corrected chi connectivity index (χ4v) is 4.38. The van der Waals surface area contributed by atoms with E-state index in [1.807, 2.05) is 83.9 Å². The zero-order valence-electron chi connectivity index (χ0n) is 17.6. The van der Waals surface area contributed by atoms with Crippen LogP contribution in [0.3, 0.4) is 0 Å². The number of rotatable bonds is 4. The molecule has 0 fully saturated rings. The Balaban J connectivity index is 1.54. The molecule has 0 saturated heterocycles. The highest BCUT2D eigenvalue weighted by Crippen LogP contribution is 2.38. The summed E-state index contributed by atoms with van der Waals surface area (Å²) in [5.41, 5.74) is 4.67. The second-order valence-electron chi connectivity index (χ2n) is 7.89. The van der Waals surface area contributed by atoms with Crippen LogP contribution in [0.15, 0.2) is 107 Å². The Labute approximate surface area is 196 Å². The highest BCUT2D eigenvalue weighted by Gasteiger charge is 2.34. The van der Waals surface area contributed by atoms with Gasteiger partial charge in [0.15, 0.2) is 0 Å². The number of anilines is 1. The molecule has 0 bridgehead atoms. The standard InChI is InChI=1S/C27H19ClN4O/c28-20-13-14-22-21(16-20)26(19-10-5-2-6-11-19)30-27(29-22)32-24(25-12-7-15-33-25)17-23(31-32)18-8-3-1-4-9-18/h1-16,24H,17H2. The van der Waals surface area contributed by atoms with Crippen LogP contribution in [0.5, 0.6) is 0 Å². The predicted octanol–water partition coefficient (Wildman–Crippen LogP) is 6.90. The van der Waals surface area contributed by atoms with Gasteiger partial charge in [0.05, 0.1) is 23.2 Å². The van der Waals surface area contributed by atoms with Gasteiger partial charge in [-0.25, -0.2) is 15.0 Å². The molecule has 1 unspecified atom stereocenters. The first-order valence-corrected chi connectivity index (χ1v) is 11.1. The predicted molar refractivity (Wildman–Crippen MR) is 132 cm³/mol. The number of aromatic nitrogens is 2. The van der Waals surface area contributed by atoms with E-state index in [1.165, 1.54) is 0 Å². The first-order chi connectivity index (χ1) is 16.3. The number of fused-ring (bicyclic) bond motifs is 1. The number of furan rings is 1. The maximum absolute atomic E-state index is 6.32. The first-order valence-electron chi connectivity index (χ1n) is 10.7. The van der Waals surface area contributed by atoms with Crippen LogP contribution in [0, 0.1) is 0 Å². The molecule has 5 nitrogen and oxygen atoms in total. The quantitative estimate of drug-likeness (QED) is 0.299. The number of benzene rings is 3. The van der Waals surface area contributed by atoms with E-state index in [1.54, 1.807) is 6.26 Å². The number of hydrazone groups is 1. The summed E-state index contributed by atoms with van der Waals surface area (Å²) in [5, 5.41) is 8.39. The molecule has 0 spiro atoms. The van der Waals surface area contributed by atoms with Gasteiger partial charge in [0.2, 0.25) is 5.95 Å². The van der Waals surface area contributed by atoms with Crippen LogP contribution in [0.1, 0.15) is 23.8 Å². The zero-order valence-corrected chi connectivity index (χ0v) is 18.4. The third kappa shape index (κ3) is 3.66. The Morgan fingerprint density at radius 1 is 0.818 bits per heavy atom. The SMILES string of the molecule is Clc1ccc2nc(N3N=C(c4ccccc4)CC3c3ccco3)nc(-c3ccccc3)c2c1. The molecule has 1 atom stereocenters. The molecule has 0 radical (unpaired) electrons. The summed E-state index contributed by atoms with van der Waals surface area (Å²) in [6.45, 7) is 0. The van der Waals surface area contributed by atoms with Gasteiger partial charge in [-0.2, -0.15) is 5.10 Å². The van der Waals surface area contributed by atoms with Crippen LogP contribution in [0.2, 0.25) is 5.02 Å². The molecule has 1 aliphatic heterocycles. The van der Waals surface area contributed by atoms with Crippen molar-refractivity contribution < 1.29 is 4.42 Å². The molecule has 33 heavy (non-hydrogen) atoms. The van der Waals surface area contributed by atoms with Gasteiger partial charge >= 0.3 is 0 Å². The van der Waals surface area contributed by atoms with E-state index >= 15 is 0 Å². The van der Waals surface area contributed by atoms with Crippen molar-refractivity contribution >= 4 is 34.2 Å². The van der Waals surface area contributed by atoms with Crippen LogP contribution >= 0.6 is 11.6 Å².